The quantitative estimate of drug-likeness (QED) is 0.156. The molecule has 6 amide bonds. The van der Waals surface area contributed by atoms with E-state index in [1.54, 1.807) is 34.9 Å². The van der Waals surface area contributed by atoms with Crippen molar-refractivity contribution in [3.8, 4) is 12.3 Å². The summed E-state index contributed by atoms with van der Waals surface area (Å²) in [5.41, 5.74) is 6.52. The molecule has 0 saturated heterocycles. The second kappa shape index (κ2) is 21.2. The van der Waals surface area contributed by atoms with Crippen LogP contribution in [0.15, 0.2) is 30.3 Å². The SMILES string of the molecule is C#CCCCCC(C)C(=O)N(C)[C@H](C(=O)N(C)[C@H](C(=O)N[C@H](C(=O)N(C)[C@@H](C)C(=O)N(C)[C@@H](Cc1ccccc1)C(N)=O)C(C)C)C(C)C)C(C)C. The molecule has 12 nitrogen and oxygen atoms in total. The van der Waals surface area contributed by atoms with Gasteiger partial charge in [0.2, 0.25) is 35.4 Å². The summed E-state index contributed by atoms with van der Waals surface area (Å²) >= 11 is 0. The molecule has 3 N–H and O–H groups in total. The molecule has 0 aliphatic heterocycles. The number of hydrogen-bond acceptors (Lipinski definition) is 6. The minimum Gasteiger partial charge on any atom is -0.368 e. The third-order valence-corrected chi connectivity index (χ3v) is 9.88. The number of hydrogen-bond donors (Lipinski definition) is 2. The number of likely N-dealkylation sites (N-methyl/N-ethyl adjacent to an activating group) is 4. The van der Waals surface area contributed by atoms with Crippen LogP contribution in [0.5, 0.6) is 0 Å². The number of primary amides is 1. The molecule has 52 heavy (non-hydrogen) atoms. The van der Waals surface area contributed by atoms with Gasteiger partial charge in [-0.2, -0.15) is 0 Å². The van der Waals surface area contributed by atoms with E-state index >= 15 is 0 Å². The first-order valence-corrected chi connectivity index (χ1v) is 18.3. The first kappa shape index (κ1) is 45.6. The molecule has 12 heteroatoms. The lowest BCUT2D eigenvalue weighted by Gasteiger charge is -2.39. The van der Waals surface area contributed by atoms with Gasteiger partial charge in [0.1, 0.15) is 30.2 Å². The van der Waals surface area contributed by atoms with Gasteiger partial charge in [-0.1, -0.05) is 85.2 Å². The Bertz CT molecular complexity index is 1410. The Morgan fingerprint density at radius 3 is 1.71 bits per heavy atom. The van der Waals surface area contributed by atoms with Gasteiger partial charge in [0.15, 0.2) is 0 Å². The maximum absolute atomic E-state index is 14.1. The Labute approximate surface area is 312 Å². The molecule has 0 heterocycles. The van der Waals surface area contributed by atoms with Crippen molar-refractivity contribution in [2.24, 2.45) is 29.4 Å². The number of nitrogens with two attached hydrogens (primary N) is 1. The minimum absolute atomic E-state index is 0.156. The van der Waals surface area contributed by atoms with Crippen molar-refractivity contribution in [1.82, 2.24) is 24.9 Å². The zero-order valence-corrected chi connectivity index (χ0v) is 33.5. The molecule has 1 rings (SSSR count). The highest BCUT2D eigenvalue weighted by atomic mass is 16.2. The van der Waals surface area contributed by atoms with E-state index in [0.29, 0.717) is 12.8 Å². The van der Waals surface area contributed by atoms with Crippen LogP contribution in [0, 0.1) is 36.0 Å². The number of amides is 6. The van der Waals surface area contributed by atoms with E-state index in [0.717, 1.165) is 18.4 Å². The predicted molar refractivity (Wildman–Crippen MR) is 204 cm³/mol. The van der Waals surface area contributed by atoms with E-state index in [1.807, 2.05) is 65.0 Å². The lowest BCUT2D eigenvalue weighted by molar-refractivity contribution is -0.152. The molecule has 0 fully saturated rings. The number of carbonyl (C=O) groups is 6. The largest absolute Gasteiger partial charge is 0.368 e. The van der Waals surface area contributed by atoms with E-state index in [9.17, 15) is 28.8 Å². The topological polar surface area (TPSA) is 153 Å². The molecule has 0 aromatic heterocycles. The molecule has 0 saturated carbocycles. The number of nitrogens with zero attached hydrogens (tertiary/aromatic N) is 4. The Morgan fingerprint density at radius 2 is 1.23 bits per heavy atom. The van der Waals surface area contributed by atoms with Gasteiger partial charge in [0, 0.05) is 47.0 Å². The van der Waals surface area contributed by atoms with Gasteiger partial charge in [0.25, 0.3) is 0 Å². The van der Waals surface area contributed by atoms with Crippen LogP contribution < -0.4 is 11.1 Å². The van der Waals surface area contributed by atoms with E-state index in [2.05, 4.69) is 11.2 Å². The average Bonchev–Trinajstić information content (AvgIpc) is 3.09. The highest BCUT2D eigenvalue weighted by molar-refractivity contribution is 5.96. The molecular formula is C40H64N6O6. The van der Waals surface area contributed by atoms with Crippen molar-refractivity contribution in [2.45, 2.75) is 118 Å². The highest BCUT2D eigenvalue weighted by Crippen LogP contribution is 2.22. The zero-order chi connectivity index (χ0) is 40.0. The fraction of sp³-hybridized carbons (Fsp3) is 0.650. The van der Waals surface area contributed by atoms with Crippen LogP contribution in [-0.2, 0) is 35.2 Å². The van der Waals surface area contributed by atoms with Gasteiger partial charge < -0.3 is 30.7 Å². The van der Waals surface area contributed by atoms with Gasteiger partial charge >= 0.3 is 0 Å². The minimum atomic E-state index is -1.03. The summed E-state index contributed by atoms with van der Waals surface area (Å²) in [5, 5.41) is 2.87. The predicted octanol–water partition coefficient (Wildman–Crippen LogP) is 3.32. The number of unbranched alkanes of at least 4 members (excludes halogenated alkanes) is 2. The number of benzene rings is 1. The third kappa shape index (κ3) is 12.4. The van der Waals surface area contributed by atoms with Gasteiger partial charge in [-0.15, -0.1) is 12.3 Å². The molecule has 290 valence electrons. The number of terminal acetylenes is 1. The summed E-state index contributed by atoms with van der Waals surface area (Å²) in [7, 11) is 6.12. The number of rotatable bonds is 20. The molecule has 6 atom stereocenters. The lowest BCUT2D eigenvalue weighted by atomic mass is 9.94. The molecular weight excluding hydrogens is 660 g/mol. The van der Waals surface area contributed by atoms with E-state index in [4.69, 9.17) is 12.2 Å². The van der Waals surface area contributed by atoms with Crippen molar-refractivity contribution >= 4 is 35.4 Å². The second-order valence-corrected chi connectivity index (χ2v) is 15.0. The van der Waals surface area contributed by atoms with Crippen molar-refractivity contribution in [1.29, 1.82) is 0 Å². The van der Waals surface area contributed by atoms with Crippen molar-refractivity contribution in [3.05, 3.63) is 35.9 Å². The Balaban J connectivity index is 3.20. The number of carbonyl (C=O) groups excluding carboxylic acids is 6. The molecule has 1 aromatic carbocycles. The van der Waals surface area contributed by atoms with Gasteiger partial charge in [-0.25, -0.2) is 0 Å². The summed E-state index contributed by atoms with van der Waals surface area (Å²) in [4.78, 5) is 86.8. The highest BCUT2D eigenvalue weighted by Gasteiger charge is 2.41. The van der Waals surface area contributed by atoms with Gasteiger partial charge in [0.05, 0.1) is 0 Å². The maximum atomic E-state index is 14.1. The first-order chi connectivity index (χ1) is 24.2. The summed E-state index contributed by atoms with van der Waals surface area (Å²) < 4.78 is 0. The Hall–Kier alpha value is -4.40. The summed E-state index contributed by atoms with van der Waals surface area (Å²) in [6.45, 7) is 14.3. The van der Waals surface area contributed by atoms with Crippen LogP contribution in [0.3, 0.4) is 0 Å². The summed E-state index contributed by atoms with van der Waals surface area (Å²) in [6, 6.07) is 4.46. The van der Waals surface area contributed by atoms with E-state index in [-0.39, 0.29) is 41.9 Å². The van der Waals surface area contributed by atoms with E-state index in [1.165, 1.54) is 33.7 Å². The normalized spacial score (nSPS) is 14.7. The van der Waals surface area contributed by atoms with Gasteiger partial charge in [-0.05, 0) is 43.1 Å². The molecule has 1 aromatic rings. The van der Waals surface area contributed by atoms with Crippen molar-refractivity contribution in [2.75, 3.05) is 28.2 Å². The third-order valence-electron chi connectivity index (χ3n) is 9.88. The van der Waals surface area contributed by atoms with Crippen LogP contribution in [0.4, 0.5) is 0 Å². The van der Waals surface area contributed by atoms with Crippen molar-refractivity contribution < 1.29 is 28.8 Å². The zero-order valence-electron chi connectivity index (χ0n) is 33.5. The average molecular weight is 725 g/mol. The molecule has 0 spiro atoms. The molecule has 0 aliphatic rings. The Morgan fingerprint density at radius 1 is 0.692 bits per heavy atom. The summed E-state index contributed by atoms with van der Waals surface area (Å²) in [6.07, 6.45) is 8.49. The second-order valence-electron chi connectivity index (χ2n) is 15.0. The maximum Gasteiger partial charge on any atom is 0.246 e. The van der Waals surface area contributed by atoms with Crippen LogP contribution in [0.2, 0.25) is 0 Å². The molecule has 0 radical (unpaired) electrons. The standard InChI is InChI=1S/C40H64N6O6/c1-14-15-16-18-21-28(8)37(49)46(13)34(27(6)7)40(52)45(12)33(26(4)5)36(48)42-32(25(2)3)39(51)43(10)29(9)38(50)44(11)31(35(41)47)24-30-22-19-17-20-23-30/h1,17,19-20,22-23,25-29,31-34H,15-16,18,21,24H2,2-13H3,(H2,41,47)(H,42,48)/t28?,29-,31-,32-,33-,34-/m0/s1. The first-order valence-electron chi connectivity index (χ1n) is 18.3. The van der Waals surface area contributed by atoms with Crippen molar-refractivity contribution in [3.63, 3.8) is 0 Å². The van der Waals surface area contributed by atoms with Crippen LogP contribution >= 0.6 is 0 Å². The van der Waals surface area contributed by atoms with Crippen LogP contribution in [0.25, 0.3) is 0 Å². The molecule has 0 aliphatic carbocycles. The summed E-state index contributed by atoms with van der Waals surface area (Å²) in [5.74, 6) is -1.40. The fourth-order valence-electron chi connectivity index (χ4n) is 6.50. The Kier molecular flexibility index (Phi) is 18.6. The van der Waals surface area contributed by atoms with Crippen LogP contribution in [0.1, 0.15) is 86.6 Å². The fourth-order valence-corrected chi connectivity index (χ4v) is 6.50. The molecule has 0 bridgehead atoms. The van der Waals surface area contributed by atoms with Crippen LogP contribution in [-0.4, -0.2) is 113 Å². The van der Waals surface area contributed by atoms with E-state index < -0.39 is 53.8 Å². The number of nitrogens with one attached hydrogen (secondary N) is 1. The lowest BCUT2D eigenvalue weighted by Crippen LogP contribution is -2.61. The monoisotopic (exact) mass is 724 g/mol. The molecule has 1 unspecified atom stereocenters. The van der Waals surface area contributed by atoms with Gasteiger partial charge in [-0.3, -0.25) is 28.8 Å². The smallest absolute Gasteiger partial charge is 0.246 e.